The van der Waals surface area contributed by atoms with E-state index in [1.54, 1.807) is 18.2 Å². The highest BCUT2D eigenvalue weighted by Crippen LogP contribution is 2.27. The van der Waals surface area contributed by atoms with Crippen LogP contribution in [-0.4, -0.2) is 12.0 Å². The van der Waals surface area contributed by atoms with Crippen molar-refractivity contribution in [2.75, 3.05) is 7.05 Å². The van der Waals surface area contributed by atoms with E-state index in [-0.39, 0.29) is 11.7 Å². The van der Waals surface area contributed by atoms with Crippen LogP contribution in [0.3, 0.4) is 0 Å². The summed E-state index contributed by atoms with van der Waals surface area (Å²) >= 11 is 12.0. The molecule has 1 N–H and O–H groups in total. The number of nitro benzene ring substituents is 1. The lowest BCUT2D eigenvalue weighted by Gasteiger charge is -2.17. The van der Waals surface area contributed by atoms with Crippen molar-refractivity contribution in [2.45, 2.75) is 12.5 Å². The third kappa shape index (κ3) is 3.94. The normalized spacial score (nSPS) is 12.1. The van der Waals surface area contributed by atoms with Gasteiger partial charge in [0.15, 0.2) is 0 Å². The van der Waals surface area contributed by atoms with Crippen molar-refractivity contribution >= 4 is 28.9 Å². The predicted molar refractivity (Wildman–Crippen MR) is 85.1 cm³/mol. The molecule has 2 rings (SSSR count). The molecule has 0 fully saturated rings. The van der Waals surface area contributed by atoms with Gasteiger partial charge in [0.1, 0.15) is 0 Å². The van der Waals surface area contributed by atoms with E-state index in [1.165, 1.54) is 12.1 Å². The maximum absolute atomic E-state index is 10.6. The fourth-order valence-corrected chi connectivity index (χ4v) is 2.41. The van der Waals surface area contributed by atoms with E-state index in [0.717, 1.165) is 11.1 Å². The molecule has 0 radical (unpaired) electrons. The molecule has 110 valence electrons. The second kappa shape index (κ2) is 6.89. The van der Waals surface area contributed by atoms with Gasteiger partial charge in [-0.15, -0.1) is 0 Å². The summed E-state index contributed by atoms with van der Waals surface area (Å²) in [5.41, 5.74) is 2.12. The number of nitro groups is 1. The molecule has 0 heterocycles. The van der Waals surface area contributed by atoms with Gasteiger partial charge in [-0.25, -0.2) is 0 Å². The Balaban J connectivity index is 2.18. The topological polar surface area (TPSA) is 55.2 Å². The lowest BCUT2D eigenvalue weighted by Crippen LogP contribution is -2.18. The average Bonchev–Trinajstić information content (AvgIpc) is 2.48. The van der Waals surface area contributed by atoms with Gasteiger partial charge in [-0.3, -0.25) is 10.1 Å². The Morgan fingerprint density at radius 1 is 1.14 bits per heavy atom. The monoisotopic (exact) mass is 324 g/mol. The van der Waals surface area contributed by atoms with Crippen LogP contribution >= 0.6 is 23.2 Å². The van der Waals surface area contributed by atoms with Gasteiger partial charge in [-0.1, -0.05) is 41.4 Å². The number of halogens is 2. The minimum Gasteiger partial charge on any atom is -0.313 e. The van der Waals surface area contributed by atoms with Gasteiger partial charge >= 0.3 is 0 Å². The van der Waals surface area contributed by atoms with Gasteiger partial charge in [-0.2, -0.15) is 0 Å². The highest BCUT2D eigenvalue weighted by Gasteiger charge is 2.13. The van der Waals surface area contributed by atoms with Crippen molar-refractivity contribution in [3.8, 4) is 0 Å². The molecule has 0 bridgehead atoms. The first-order valence-corrected chi connectivity index (χ1v) is 7.12. The smallest absolute Gasteiger partial charge is 0.269 e. The summed E-state index contributed by atoms with van der Waals surface area (Å²) in [5, 5.41) is 14.9. The van der Waals surface area contributed by atoms with Gasteiger partial charge in [0.05, 0.1) is 15.0 Å². The fourth-order valence-electron chi connectivity index (χ4n) is 2.11. The van der Waals surface area contributed by atoms with Crippen molar-refractivity contribution in [1.29, 1.82) is 0 Å². The first-order chi connectivity index (χ1) is 10.0. The second-order valence-electron chi connectivity index (χ2n) is 4.64. The number of hydrogen-bond acceptors (Lipinski definition) is 3. The van der Waals surface area contributed by atoms with Crippen LogP contribution in [0.2, 0.25) is 10.0 Å². The molecular formula is C15H14Cl2N2O2. The Morgan fingerprint density at radius 3 is 2.33 bits per heavy atom. The Bertz CT molecular complexity index is 645. The summed E-state index contributed by atoms with van der Waals surface area (Å²) in [6.45, 7) is 0. The predicted octanol–water partition coefficient (Wildman–Crippen LogP) is 4.40. The molecule has 21 heavy (non-hydrogen) atoms. The summed E-state index contributed by atoms with van der Waals surface area (Å²) in [6, 6.07) is 12.1. The molecule has 0 aromatic heterocycles. The van der Waals surface area contributed by atoms with E-state index in [0.29, 0.717) is 16.5 Å². The van der Waals surface area contributed by atoms with E-state index in [1.807, 2.05) is 19.2 Å². The lowest BCUT2D eigenvalue weighted by atomic mass is 9.99. The van der Waals surface area contributed by atoms with Gasteiger partial charge in [0, 0.05) is 18.2 Å². The first-order valence-electron chi connectivity index (χ1n) is 6.37. The zero-order valence-corrected chi connectivity index (χ0v) is 12.9. The second-order valence-corrected chi connectivity index (χ2v) is 5.46. The molecule has 1 atom stereocenters. The number of nitrogens with one attached hydrogen (secondary N) is 1. The molecule has 4 nitrogen and oxygen atoms in total. The van der Waals surface area contributed by atoms with Crippen LogP contribution in [0, 0.1) is 10.1 Å². The van der Waals surface area contributed by atoms with Crippen molar-refractivity contribution in [1.82, 2.24) is 5.32 Å². The summed E-state index contributed by atoms with van der Waals surface area (Å²) < 4.78 is 0. The molecule has 0 amide bonds. The van der Waals surface area contributed by atoms with Crippen LogP contribution in [0.1, 0.15) is 17.2 Å². The highest BCUT2D eigenvalue weighted by atomic mass is 35.5. The number of benzene rings is 2. The molecule has 1 unspecified atom stereocenters. The number of likely N-dealkylation sites (N-methyl/N-ethyl adjacent to an activating group) is 1. The number of non-ortho nitro benzene ring substituents is 1. The zero-order chi connectivity index (χ0) is 15.4. The maximum atomic E-state index is 10.6. The summed E-state index contributed by atoms with van der Waals surface area (Å²) in [5.74, 6) is 0. The van der Waals surface area contributed by atoms with Crippen LogP contribution in [0.4, 0.5) is 5.69 Å². The maximum Gasteiger partial charge on any atom is 0.269 e. The van der Waals surface area contributed by atoms with Gasteiger partial charge in [0.2, 0.25) is 0 Å². The van der Waals surface area contributed by atoms with Gasteiger partial charge < -0.3 is 5.32 Å². The minimum atomic E-state index is -0.404. The first kappa shape index (κ1) is 15.8. The van der Waals surface area contributed by atoms with Crippen LogP contribution in [-0.2, 0) is 6.42 Å². The van der Waals surface area contributed by atoms with Crippen molar-refractivity contribution < 1.29 is 4.92 Å². The molecule has 0 aliphatic rings. The standard InChI is InChI=1S/C15H14Cl2N2O2/c1-18-15(11-4-7-13(16)14(17)9-11)8-10-2-5-12(6-3-10)19(20)21/h2-7,9,15,18H,8H2,1H3. The number of nitrogens with zero attached hydrogens (tertiary/aromatic N) is 1. The minimum absolute atomic E-state index is 0.0567. The molecule has 2 aromatic carbocycles. The Morgan fingerprint density at radius 2 is 1.81 bits per heavy atom. The summed E-state index contributed by atoms with van der Waals surface area (Å²) in [6.07, 6.45) is 0.701. The van der Waals surface area contributed by atoms with Gasteiger partial charge in [0.25, 0.3) is 5.69 Å². The molecule has 6 heteroatoms. The third-order valence-electron chi connectivity index (χ3n) is 3.28. The Hall–Kier alpha value is -1.62. The van der Waals surface area contributed by atoms with E-state index >= 15 is 0 Å². The van der Waals surface area contributed by atoms with E-state index in [2.05, 4.69) is 5.32 Å². The summed E-state index contributed by atoms with van der Waals surface area (Å²) in [7, 11) is 1.86. The quantitative estimate of drug-likeness (QED) is 0.654. The molecule has 0 spiro atoms. The van der Waals surface area contributed by atoms with Crippen LogP contribution < -0.4 is 5.32 Å². The fraction of sp³-hybridized carbons (Fsp3) is 0.200. The molecule has 0 aliphatic heterocycles. The van der Waals surface area contributed by atoms with Crippen molar-refractivity contribution in [2.24, 2.45) is 0 Å². The Labute approximate surface area is 132 Å². The molecule has 0 saturated heterocycles. The molecular weight excluding hydrogens is 311 g/mol. The van der Waals surface area contributed by atoms with E-state index in [4.69, 9.17) is 23.2 Å². The largest absolute Gasteiger partial charge is 0.313 e. The molecule has 0 saturated carbocycles. The average molecular weight is 325 g/mol. The van der Waals surface area contributed by atoms with Crippen LogP contribution in [0.25, 0.3) is 0 Å². The lowest BCUT2D eigenvalue weighted by molar-refractivity contribution is -0.384. The number of rotatable bonds is 5. The SMILES string of the molecule is CNC(Cc1ccc([N+](=O)[O-])cc1)c1ccc(Cl)c(Cl)c1. The van der Waals surface area contributed by atoms with Gasteiger partial charge in [-0.05, 0) is 36.7 Å². The number of hydrogen-bond donors (Lipinski definition) is 1. The zero-order valence-electron chi connectivity index (χ0n) is 11.3. The van der Waals surface area contributed by atoms with E-state index < -0.39 is 4.92 Å². The van der Waals surface area contributed by atoms with Crippen LogP contribution in [0.5, 0.6) is 0 Å². The van der Waals surface area contributed by atoms with Crippen molar-refractivity contribution in [3.05, 3.63) is 73.8 Å². The molecule has 0 aliphatic carbocycles. The third-order valence-corrected chi connectivity index (χ3v) is 4.02. The summed E-state index contributed by atoms with van der Waals surface area (Å²) in [4.78, 5) is 10.2. The van der Waals surface area contributed by atoms with Crippen molar-refractivity contribution in [3.63, 3.8) is 0 Å². The van der Waals surface area contributed by atoms with Crippen LogP contribution in [0.15, 0.2) is 42.5 Å². The Kier molecular flexibility index (Phi) is 5.17. The highest BCUT2D eigenvalue weighted by molar-refractivity contribution is 6.42. The van der Waals surface area contributed by atoms with E-state index in [9.17, 15) is 10.1 Å². The molecule has 2 aromatic rings.